The first-order chi connectivity index (χ1) is 14.3. The fourth-order valence-corrected chi connectivity index (χ4v) is 6.20. The number of nitrogens with zero attached hydrogens (tertiary/aromatic N) is 3. The van der Waals surface area contributed by atoms with Gasteiger partial charge in [-0.25, -0.2) is 8.42 Å². The van der Waals surface area contributed by atoms with Gasteiger partial charge in [-0.1, -0.05) is 35.9 Å². The molecule has 1 saturated heterocycles. The van der Waals surface area contributed by atoms with Crippen LogP contribution in [0.4, 0.5) is 5.69 Å². The minimum atomic E-state index is -3.51. The maximum atomic E-state index is 13.1. The molecular formula is C23H29N3O3S. The molecule has 2 aliphatic heterocycles. The van der Waals surface area contributed by atoms with Crippen LogP contribution in [-0.4, -0.2) is 62.3 Å². The summed E-state index contributed by atoms with van der Waals surface area (Å²) in [5.74, 6) is 0.0816. The van der Waals surface area contributed by atoms with Crippen molar-refractivity contribution in [1.82, 2.24) is 9.21 Å². The maximum absolute atomic E-state index is 13.1. The Morgan fingerprint density at radius 1 is 1.03 bits per heavy atom. The lowest BCUT2D eigenvalue weighted by Crippen LogP contribution is -2.52. The van der Waals surface area contributed by atoms with Crippen molar-refractivity contribution >= 4 is 21.6 Å². The van der Waals surface area contributed by atoms with Gasteiger partial charge in [-0.3, -0.25) is 9.69 Å². The summed E-state index contributed by atoms with van der Waals surface area (Å²) in [5.41, 5.74) is 4.04. The van der Waals surface area contributed by atoms with E-state index in [0.29, 0.717) is 37.6 Å². The molecular weight excluding hydrogens is 398 g/mol. The highest BCUT2D eigenvalue weighted by Gasteiger charge is 2.34. The quantitative estimate of drug-likeness (QED) is 0.753. The second-order valence-electron chi connectivity index (χ2n) is 8.39. The van der Waals surface area contributed by atoms with E-state index in [-0.39, 0.29) is 11.9 Å². The number of piperazine rings is 1. The summed E-state index contributed by atoms with van der Waals surface area (Å²) in [6.45, 7) is 8.09. The van der Waals surface area contributed by atoms with Gasteiger partial charge in [-0.15, -0.1) is 0 Å². The first-order valence-corrected chi connectivity index (χ1v) is 11.9. The summed E-state index contributed by atoms with van der Waals surface area (Å²) in [6.07, 6.45) is 0.879. The third-order valence-corrected chi connectivity index (χ3v) is 8.17. The minimum Gasteiger partial charge on any atom is -0.308 e. The number of hydrogen-bond donors (Lipinski definition) is 0. The van der Waals surface area contributed by atoms with Gasteiger partial charge < -0.3 is 4.90 Å². The van der Waals surface area contributed by atoms with Crippen molar-refractivity contribution in [3.05, 3.63) is 59.2 Å². The average Bonchev–Trinajstić information content (AvgIpc) is 3.04. The molecule has 0 bridgehead atoms. The number of benzene rings is 2. The number of amides is 1. The highest BCUT2D eigenvalue weighted by molar-refractivity contribution is 7.89. The molecule has 6 nitrogen and oxygen atoms in total. The van der Waals surface area contributed by atoms with Crippen molar-refractivity contribution < 1.29 is 13.2 Å². The third kappa shape index (κ3) is 3.89. The first-order valence-electron chi connectivity index (χ1n) is 10.5. The fourth-order valence-electron chi connectivity index (χ4n) is 4.57. The van der Waals surface area contributed by atoms with Gasteiger partial charge in [0.05, 0.1) is 11.4 Å². The lowest BCUT2D eigenvalue weighted by Gasteiger charge is -2.35. The number of para-hydroxylation sites is 1. The molecule has 0 aliphatic carbocycles. The Kier molecular flexibility index (Phi) is 5.70. The van der Waals surface area contributed by atoms with E-state index in [1.807, 2.05) is 49.1 Å². The normalized spacial score (nSPS) is 20.4. The zero-order chi connectivity index (χ0) is 21.5. The highest BCUT2D eigenvalue weighted by Crippen LogP contribution is 2.32. The van der Waals surface area contributed by atoms with E-state index in [0.717, 1.165) is 23.2 Å². The highest BCUT2D eigenvalue weighted by atomic mass is 32.2. The Labute approximate surface area is 179 Å². The molecule has 7 heteroatoms. The molecule has 160 valence electrons. The largest absolute Gasteiger partial charge is 0.308 e. The summed E-state index contributed by atoms with van der Waals surface area (Å²) in [5, 5.41) is 0. The molecule has 2 aromatic rings. The number of sulfonamides is 1. The van der Waals surface area contributed by atoms with E-state index in [2.05, 4.69) is 17.9 Å². The summed E-state index contributed by atoms with van der Waals surface area (Å²) < 4.78 is 27.7. The van der Waals surface area contributed by atoms with E-state index < -0.39 is 10.0 Å². The van der Waals surface area contributed by atoms with E-state index in [9.17, 15) is 13.2 Å². The Balaban J connectivity index is 1.40. The van der Waals surface area contributed by atoms with Crippen molar-refractivity contribution in [2.24, 2.45) is 0 Å². The van der Waals surface area contributed by atoms with Gasteiger partial charge in [0.2, 0.25) is 15.9 Å². The minimum absolute atomic E-state index is 0.0816. The fraction of sp³-hybridized carbons (Fsp3) is 0.435. The Bertz CT molecular complexity index is 1060. The smallest absolute Gasteiger partial charge is 0.243 e. The Morgan fingerprint density at radius 2 is 1.73 bits per heavy atom. The first kappa shape index (κ1) is 21.0. The molecule has 0 saturated carbocycles. The van der Waals surface area contributed by atoms with Crippen molar-refractivity contribution in [2.75, 3.05) is 37.6 Å². The molecule has 2 aromatic carbocycles. The van der Waals surface area contributed by atoms with Crippen LogP contribution >= 0.6 is 0 Å². The van der Waals surface area contributed by atoms with Gasteiger partial charge in [0.15, 0.2) is 0 Å². The number of carbonyl (C=O) groups excluding carboxylic acids is 1. The van der Waals surface area contributed by atoms with Gasteiger partial charge in [0, 0.05) is 37.9 Å². The topological polar surface area (TPSA) is 60.9 Å². The zero-order valence-electron chi connectivity index (χ0n) is 17.8. The number of carbonyl (C=O) groups is 1. The van der Waals surface area contributed by atoms with Crippen LogP contribution in [0.1, 0.15) is 23.6 Å². The monoisotopic (exact) mass is 427 g/mol. The van der Waals surface area contributed by atoms with Gasteiger partial charge in [-0.2, -0.15) is 4.31 Å². The van der Waals surface area contributed by atoms with Crippen LogP contribution in [0.25, 0.3) is 0 Å². The predicted octanol–water partition coefficient (Wildman–Crippen LogP) is 2.59. The van der Waals surface area contributed by atoms with Crippen LogP contribution in [-0.2, 0) is 21.2 Å². The molecule has 0 N–H and O–H groups in total. The Morgan fingerprint density at radius 3 is 2.43 bits per heavy atom. The second-order valence-corrected chi connectivity index (χ2v) is 10.3. The number of fused-ring (bicyclic) bond motifs is 1. The summed E-state index contributed by atoms with van der Waals surface area (Å²) in [4.78, 5) is 17.3. The molecule has 0 aromatic heterocycles. The van der Waals surface area contributed by atoms with Crippen molar-refractivity contribution in [2.45, 2.75) is 38.1 Å². The lowest BCUT2D eigenvalue weighted by molar-refractivity contribution is -0.120. The standard InChI is InChI=1S/C23H29N3O3S/c1-17-8-9-22(18(2)14-17)30(28,29)25-12-10-24(11-13-25)16-23(27)26-19(3)15-20-6-4-5-7-21(20)26/h4-9,14,19H,10-13,15-16H2,1-3H3/t19-/m1/s1. The Hall–Kier alpha value is -2.22. The van der Waals surface area contributed by atoms with E-state index in [1.165, 1.54) is 5.56 Å². The molecule has 1 fully saturated rings. The third-order valence-electron chi connectivity index (χ3n) is 6.11. The molecule has 30 heavy (non-hydrogen) atoms. The van der Waals surface area contributed by atoms with Crippen molar-refractivity contribution in [3.8, 4) is 0 Å². The number of rotatable bonds is 4. The molecule has 1 amide bonds. The lowest BCUT2D eigenvalue weighted by atomic mass is 10.1. The van der Waals surface area contributed by atoms with Crippen LogP contribution in [0.3, 0.4) is 0 Å². The second kappa shape index (κ2) is 8.13. The van der Waals surface area contributed by atoms with E-state index in [4.69, 9.17) is 0 Å². The van der Waals surface area contributed by atoms with Gasteiger partial charge in [0.25, 0.3) is 0 Å². The van der Waals surface area contributed by atoms with E-state index in [1.54, 1.807) is 10.4 Å². The number of anilines is 1. The van der Waals surface area contributed by atoms with Crippen LogP contribution in [0.5, 0.6) is 0 Å². The molecule has 0 unspecified atom stereocenters. The number of hydrogen-bond acceptors (Lipinski definition) is 4. The molecule has 0 spiro atoms. The van der Waals surface area contributed by atoms with Crippen LogP contribution < -0.4 is 4.90 Å². The zero-order valence-corrected chi connectivity index (χ0v) is 18.7. The molecule has 0 radical (unpaired) electrons. The van der Waals surface area contributed by atoms with Crippen LogP contribution in [0, 0.1) is 13.8 Å². The van der Waals surface area contributed by atoms with Crippen molar-refractivity contribution in [3.63, 3.8) is 0 Å². The van der Waals surface area contributed by atoms with E-state index >= 15 is 0 Å². The molecule has 1 atom stereocenters. The molecule has 2 heterocycles. The summed E-state index contributed by atoms with van der Waals surface area (Å²) >= 11 is 0. The van der Waals surface area contributed by atoms with Crippen LogP contribution in [0.15, 0.2) is 47.4 Å². The van der Waals surface area contributed by atoms with Crippen molar-refractivity contribution in [1.29, 1.82) is 0 Å². The SMILES string of the molecule is Cc1ccc(S(=O)(=O)N2CCN(CC(=O)N3c4ccccc4C[C@H]3C)CC2)c(C)c1. The predicted molar refractivity (Wildman–Crippen MR) is 118 cm³/mol. The average molecular weight is 428 g/mol. The summed E-state index contributed by atoms with van der Waals surface area (Å²) in [7, 11) is -3.51. The molecule has 4 rings (SSSR count). The summed E-state index contributed by atoms with van der Waals surface area (Å²) in [6, 6.07) is 13.6. The maximum Gasteiger partial charge on any atom is 0.243 e. The van der Waals surface area contributed by atoms with Crippen LogP contribution in [0.2, 0.25) is 0 Å². The van der Waals surface area contributed by atoms with Gasteiger partial charge in [-0.05, 0) is 50.5 Å². The molecule has 2 aliphatic rings. The van der Waals surface area contributed by atoms with Gasteiger partial charge >= 0.3 is 0 Å². The van der Waals surface area contributed by atoms with Gasteiger partial charge in [0.1, 0.15) is 0 Å². The number of aryl methyl sites for hydroxylation is 2.